The summed E-state index contributed by atoms with van der Waals surface area (Å²) >= 11 is 0. The van der Waals surface area contributed by atoms with Gasteiger partial charge in [0, 0.05) is 19.6 Å². The Hall–Kier alpha value is -0.340. The van der Waals surface area contributed by atoms with Crippen LogP contribution in [0.3, 0.4) is 0 Å². The van der Waals surface area contributed by atoms with E-state index in [1.807, 2.05) is 13.1 Å². The summed E-state index contributed by atoms with van der Waals surface area (Å²) in [5, 5.41) is 3.23. The predicted molar refractivity (Wildman–Crippen MR) is 60.0 cm³/mol. The van der Waals surface area contributed by atoms with Crippen molar-refractivity contribution in [2.75, 3.05) is 33.2 Å². The molecule has 0 radical (unpaired) electrons. The minimum Gasteiger partial charge on any atom is -0.319 e. The average molecular weight is 184 g/mol. The van der Waals surface area contributed by atoms with Gasteiger partial charge < -0.3 is 5.32 Å². The van der Waals surface area contributed by atoms with Gasteiger partial charge in [0.15, 0.2) is 0 Å². The zero-order chi connectivity index (χ0) is 10.3. The lowest BCUT2D eigenvalue weighted by atomic mass is 9.92. The molecular weight excluding hydrogens is 160 g/mol. The topological polar surface area (TPSA) is 15.3 Å². The Morgan fingerprint density at radius 3 is 2.46 bits per heavy atom. The minimum atomic E-state index is 0.341. The van der Waals surface area contributed by atoms with E-state index in [4.69, 9.17) is 0 Å². The van der Waals surface area contributed by atoms with E-state index in [0.29, 0.717) is 5.41 Å². The van der Waals surface area contributed by atoms with Crippen molar-refractivity contribution >= 4 is 0 Å². The fourth-order valence-electron chi connectivity index (χ4n) is 1.63. The largest absolute Gasteiger partial charge is 0.319 e. The first kappa shape index (κ1) is 12.7. The zero-order valence-corrected chi connectivity index (χ0v) is 9.56. The highest BCUT2D eigenvalue weighted by molar-refractivity contribution is 4.79. The average Bonchev–Trinajstić information content (AvgIpc) is 2.03. The van der Waals surface area contributed by atoms with Crippen molar-refractivity contribution in [1.82, 2.24) is 10.2 Å². The van der Waals surface area contributed by atoms with Crippen molar-refractivity contribution in [3.63, 3.8) is 0 Å². The van der Waals surface area contributed by atoms with Crippen molar-refractivity contribution in [1.29, 1.82) is 0 Å². The number of nitrogens with zero attached hydrogens (tertiary/aromatic N) is 1. The predicted octanol–water partition coefficient (Wildman–Crippen LogP) is 1.74. The third-order valence-electron chi connectivity index (χ3n) is 2.14. The van der Waals surface area contributed by atoms with Gasteiger partial charge in [-0.15, -0.1) is 6.58 Å². The first-order valence-corrected chi connectivity index (χ1v) is 5.03. The van der Waals surface area contributed by atoms with Crippen molar-refractivity contribution in [3.05, 3.63) is 12.7 Å². The van der Waals surface area contributed by atoms with Gasteiger partial charge in [-0.25, -0.2) is 0 Å². The Balaban J connectivity index is 3.96. The van der Waals surface area contributed by atoms with E-state index in [0.717, 1.165) is 26.2 Å². The maximum absolute atomic E-state index is 3.77. The SMILES string of the molecule is C=CCN(CC)CC(C)(C)CNC. The van der Waals surface area contributed by atoms with Crippen molar-refractivity contribution in [3.8, 4) is 0 Å². The summed E-state index contributed by atoms with van der Waals surface area (Å²) in [7, 11) is 2.01. The van der Waals surface area contributed by atoms with Crippen LogP contribution in [0.1, 0.15) is 20.8 Å². The van der Waals surface area contributed by atoms with E-state index in [2.05, 4.69) is 37.6 Å². The molecule has 1 N–H and O–H groups in total. The van der Waals surface area contributed by atoms with Crippen molar-refractivity contribution < 1.29 is 0 Å². The maximum atomic E-state index is 3.77. The van der Waals surface area contributed by atoms with Gasteiger partial charge in [-0.2, -0.15) is 0 Å². The molecule has 0 amide bonds. The lowest BCUT2D eigenvalue weighted by molar-refractivity contribution is 0.198. The number of rotatable bonds is 7. The molecule has 0 saturated carbocycles. The second-order valence-electron chi connectivity index (χ2n) is 4.31. The van der Waals surface area contributed by atoms with Crippen LogP contribution in [0.25, 0.3) is 0 Å². The van der Waals surface area contributed by atoms with E-state index >= 15 is 0 Å². The first-order valence-electron chi connectivity index (χ1n) is 5.03. The number of hydrogen-bond acceptors (Lipinski definition) is 2. The molecular formula is C11H24N2. The first-order chi connectivity index (χ1) is 6.05. The summed E-state index contributed by atoms with van der Waals surface area (Å²) in [5.74, 6) is 0. The van der Waals surface area contributed by atoms with E-state index in [1.165, 1.54) is 0 Å². The fourth-order valence-corrected chi connectivity index (χ4v) is 1.63. The Morgan fingerprint density at radius 1 is 1.46 bits per heavy atom. The summed E-state index contributed by atoms with van der Waals surface area (Å²) in [4.78, 5) is 2.41. The van der Waals surface area contributed by atoms with E-state index in [-0.39, 0.29) is 0 Å². The lowest BCUT2D eigenvalue weighted by Gasteiger charge is -2.31. The van der Waals surface area contributed by atoms with Crippen LogP contribution in [0.5, 0.6) is 0 Å². The zero-order valence-electron chi connectivity index (χ0n) is 9.56. The molecule has 0 saturated heterocycles. The molecule has 0 aliphatic rings. The van der Waals surface area contributed by atoms with Gasteiger partial charge in [0.05, 0.1) is 0 Å². The Bertz CT molecular complexity index is 141. The summed E-state index contributed by atoms with van der Waals surface area (Å²) in [6, 6.07) is 0. The van der Waals surface area contributed by atoms with Gasteiger partial charge in [0.2, 0.25) is 0 Å². The molecule has 78 valence electrons. The molecule has 0 aliphatic heterocycles. The van der Waals surface area contributed by atoms with E-state index < -0.39 is 0 Å². The van der Waals surface area contributed by atoms with Gasteiger partial charge in [0.25, 0.3) is 0 Å². The molecule has 2 heteroatoms. The fraction of sp³-hybridized carbons (Fsp3) is 0.818. The summed E-state index contributed by atoms with van der Waals surface area (Å²) < 4.78 is 0. The van der Waals surface area contributed by atoms with Crippen LogP contribution in [-0.2, 0) is 0 Å². The Kier molecular flexibility index (Phi) is 6.00. The molecule has 0 aromatic carbocycles. The monoisotopic (exact) mass is 184 g/mol. The van der Waals surface area contributed by atoms with Gasteiger partial charge >= 0.3 is 0 Å². The molecule has 0 aromatic heterocycles. The quantitative estimate of drug-likeness (QED) is 0.606. The van der Waals surface area contributed by atoms with Crippen LogP contribution in [-0.4, -0.2) is 38.1 Å². The molecule has 13 heavy (non-hydrogen) atoms. The molecule has 0 heterocycles. The summed E-state index contributed by atoms with van der Waals surface area (Å²) in [6.45, 7) is 14.8. The highest BCUT2D eigenvalue weighted by Gasteiger charge is 2.19. The van der Waals surface area contributed by atoms with E-state index in [1.54, 1.807) is 0 Å². The lowest BCUT2D eigenvalue weighted by Crippen LogP contribution is -2.39. The van der Waals surface area contributed by atoms with Crippen molar-refractivity contribution in [2.24, 2.45) is 5.41 Å². The molecule has 0 aliphatic carbocycles. The number of likely N-dealkylation sites (N-methyl/N-ethyl adjacent to an activating group) is 1. The molecule has 0 unspecified atom stereocenters. The van der Waals surface area contributed by atoms with E-state index in [9.17, 15) is 0 Å². The molecule has 0 bridgehead atoms. The maximum Gasteiger partial charge on any atom is 0.0160 e. The van der Waals surface area contributed by atoms with Crippen LogP contribution in [0.2, 0.25) is 0 Å². The molecule has 0 aromatic rings. The second-order valence-corrected chi connectivity index (χ2v) is 4.31. The number of hydrogen-bond donors (Lipinski definition) is 1. The van der Waals surface area contributed by atoms with Gasteiger partial charge in [0.1, 0.15) is 0 Å². The minimum absolute atomic E-state index is 0.341. The molecule has 0 fully saturated rings. The highest BCUT2D eigenvalue weighted by atomic mass is 15.1. The second kappa shape index (κ2) is 6.17. The molecule has 0 rings (SSSR count). The van der Waals surface area contributed by atoms with Crippen molar-refractivity contribution in [2.45, 2.75) is 20.8 Å². The van der Waals surface area contributed by atoms with Gasteiger partial charge in [-0.1, -0.05) is 26.8 Å². The van der Waals surface area contributed by atoms with Gasteiger partial charge in [-0.05, 0) is 19.0 Å². The normalized spacial score (nSPS) is 12.1. The molecule has 0 atom stereocenters. The summed E-state index contributed by atoms with van der Waals surface area (Å²) in [6.07, 6.45) is 1.97. The molecule has 2 nitrogen and oxygen atoms in total. The third-order valence-corrected chi connectivity index (χ3v) is 2.14. The van der Waals surface area contributed by atoms with Crippen LogP contribution < -0.4 is 5.32 Å². The van der Waals surface area contributed by atoms with Crippen LogP contribution in [0.4, 0.5) is 0 Å². The summed E-state index contributed by atoms with van der Waals surface area (Å²) in [5.41, 5.74) is 0.341. The number of nitrogens with one attached hydrogen (secondary N) is 1. The standard InChI is InChI=1S/C11H24N2/c1-6-8-13(7-2)10-11(3,4)9-12-5/h6,12H,1,7-10H2,2-5H3. The Labute approximate surface area is 83.0 Å². The van der Waals surface area contributed by atoms with Gasteiger partial charge in [-0.3, -0.25) is 4.90 Å². The van der Waals surface area contributed by atoms with Crippen LogP contribution in [0.15, 0.2) is 12.7 Å². The highest BCUT2D eigenvalue weighted by Crippen LogP contribution is 2.15. The smallest absolute Gasteiger partial charge is 0.0160 e. The molecule has 0 spiro atoms. The van der Waals surface area contributed by atoms with Crippen LogP contribution >= 0.6 is 0 Å². The third kappa shape index (κ3) is 5.83. The van der Waals surface area contributed by atoms with Crippen LogP contribution in [0, 0.1) is 5.41 Å². The Morgan fingerprint density at radius 2 is 2.08 bits per heavy atom.